The molecule has 0 spiro atoms. The molecule has 1 heterocycles. The van der Waals surface area contributed by atoms with Crippen molar-refractivity contribution in [1.29, 1.82) is 0 Å². The molecule has 2 aromatic rings. The van der Waals surface area contributed by atoms with Gasteiger partial charge in [0, 0.05) is 12.1 Å². The van der Waals surface area contributed by atoms with Crippen LogP contribution in [0.15, 0.2) is 34.9 Å². The van der Waals surface area contributed by atoms with E-state index in [0.29, 0.717) is 12.1 Å². The van der Waals surface area contributed by atoms with Crippen molar-refractivity contribution in [3.63, 3.8) is 0 Å². The lowest BCUT2D eigenvalue weighted by atomic mass is 10.0. The lowest BCUT2D eigenvalue weighted by Crippen LogP contribution is -2.43. The van der Waals surface area contributed by atoms with Gasteiger partial charge in [-0.05, 0) is 19.1 Å². The predicted octanol–water partition coefficient (Wildman–Crippen LogP) is 1.66. The second-order valence-electron chi connectivity index (χ2n) is 5.13. The maximum atomic E-state index is 13.4. The van der Waals surface area contributed by atoms with Crippen LogP contribution in [0.3, 0.4) is 0 Å². The lowest BCUT2D eigenvalue weighted by Gasteiger charge is -2.20. The van der Waals surface area contributed by atoms with Crippen LogP contribution in [0.1, 0.15) is 12.7 Å². The van der Waals surface area contributed by atoms with Crippen LogP contribution in [0.25, 0.3) is 0 Å². The number of halogens is 3. The van der Waals surface area contributed by atoms with E-state index in [2.05, 4.69) is 5.32 Å². The van der Waals surface area contributed by atoms with Gasteiger partial charge in [0.05, 0.1) is 12.8 Å². The number of carbonyl (C=O) groups excluding carboxylic acids is 2. The van der Waals surface area contributed by atoms with Gasteiger partial charge in [0.25, 0.3) is 0 Å². The first-order valence-electron chi connectivity index (χ1n) is 6.71. The number of rotatable bonds is 4. The van der Waals surface area contributed by atoms with Crippen LogP contribution in [0, 0.1) is 17.5 Å². The van der Waals surface area contributed by atoms with E-state index in [1.54, 1.807) is 5.32 Å². The summed E-state index contributed by atoms with van der Waals surface area (Å²) in [6, 6.07) is 3.71. The summed E-state index contributed by atoms with van der Waals surface area (Å²) in [6.45, 7) is 0.949. The molecule has 0 aliphatic rings. The fourth-order valence-corrected chi connectivity index (χ4v) is 1.84. The molecule has 1 aromatic carbocycles. The standard InChI is InChI=1S/C15H13F3N2O4/c1-15(23,11-3-2-4-24-11)7-19-13(21)14(22)20-12-9(17)5-8(16)6-10(12)18/h2-6,23H,7H2,1H3,(H,19,21)(H,20,22). The molecule has 1 unspecified atom stereocenters. The summed E-state index contributed by atoms with van der Waals surface area (Å²) in [5.41, 5.74) is -2.54. The summed E-state index contributed by atoms with van der Waals surface area (Å²) in [6.07, 6.45) is 1.32. The van der Waals surface area contributed by atoms with Gasteiger partial charge in [-0.25, -0.2) is 13.2 Å². The topological polar surface area (TPSA) is 91.6 Å². The number of hydrogen-bond acceptors (Lipinski definition) is 4. The molecule has 1 aromatic heterocycles. The Morgan fingerprint density at radius 1 is 1.21 bits per heavy atom. The molecule has 6 nitrogen and oxygen atoms in total. The van der Waals surface area contributed by atoms with Crippen molar-refractivity contribution in [3.05, 3.63) is 53.7 Å². The number of aliphatic hydroxyl groups is 1. The summed E-state index contributed by atoms with van der Waals surface area (Å²) in [4.78, 5) is 23.3. The van der Waals surface area contributed by atoms with Gasteiger partial charge in [-0.15, -0.1) is 0 Å². The summed E-state index contributed by atoms with van der Waals surface area (Å²) in [7, 11) is 0. The van der Waals surface area contributed by atoms with Crippen molar-refractivity contribution in [2.24, 2.45) is 0 Å². The van der Waals surface area contributed by atoms with Crippen molar-refractivity contribution >= 4 is 17.5 Å². The van der Waals surface area contributed by atoms with E-state index in [0.717, 1.165) is 0 Å². The van der Waals surface area contributed by atoms with Crippen molar-refractivity contribution in [2.75, 3.05) is 11.9 Å². The molecule has 1 atom stereocenters. The van der Waals surface area contributed by atoms with E-state index < -0.39 is 40.6 Å². The monoisotopic (exact) mass is 342 g/mol. The summed E-state index contributed by atoms with van der Waals surface area (Å²) in [5.74, 6) is -6.37. The minimum Gasteiger partial charge on any atom is -0.466 e. The Hall–Kier alpha value is -2.81. The van der Waals surface area contributed by atoms with Crippen molar-refractivity contribution in [3.8, 4) is 0 Å². The van der Waals surface area contributed by atoms with Crippen molar-refractivity contribution in [1.82, 2.24) is 5.32 Å². The number of benzene rings is 1. The molecule has 3 N–H and O–H groups in total. The molecule has 2 amide bonds. The zero-order valence-electron chi connectivity index (χ0n) is 12.4. The SMILES string of the molecule is CC(O)(CNC(=O)C(=O)Nc1c(F)cc(F)cc1F)c1ccco1. The zero-order valence-corrected chi connectivity index (χ0v) is 12.4. The Kier molecular flexibility index (Phi) is 4.93. The molecule has 0 radical (unpaired) electrons. The molecule has 0 aliphatic carbocycles. The maximum Gasteiger partial charge on any atom is 0.313 e. The normalized spacial score (nSPS) is 13.2. The van der Waals surface area contributed by atoms with Crippen molar-refractivity contribution < 1.29 is 32.3 Å². The Bertz CT molecular complexity index is 737. The smallest absolute Gasteiger partial charge is 0.313 e. The highest BCUT2D eigenvalue weighted by molar-refractivity contribution is 6.39. The maximum absolute atomic E-state index is 13.4. The van der Waals surface area contributed by atoms with E-state index >= 15 is 0 Å². The van der Waals surface area contributed by atoms with Gasteiger partial charge in [-0.3, -0.25) is 9.59 Å². The fourth-order valence-electron chi connectivity index (χ4n) is 1.84. The third-order valence-corrected chi connectivity index (χ3v) is 3.10. The molecule has 0 aliphatic heterocycles. The van der Waals surface area contributed by atoms with Gasteiger partial charge in [0.1, 0.15) is 22.9 Å². The van der Waals surface area contributed by atoms with E-state index in [-0.39, 0.29) is 12.3 Å². The van der Waals surface area contributed by atoms with Gasteiger partial charge in [-0.2, -0.15) is 0 Å². The number of anilines is 1. The van der Waals surface area contributed by atoms with Gasteiger partial charge in [0.2, 0.25) is 0 Å². The average Bonchev–Trinajstić information content (AvgIpc) is 3.03. The van der Waals surface area contributed by atoms with Crippen LogP contribution in [0.2, 0.25) is 0 Å². The van der Waals surface area contributed by atoms with Crippen LogP contribution in [-0.4, -0.2) is 23.5 Å². The second kappa shape index (κ2) is 6.75. The average molecular weight is 342 g/mol. The highest BCUT2D eigenvalue weighted by Crippen LogP contribution is 2.21. The second-order valence-corrected chi connectivity index (χ2v) is 5.13. The first kappa shape index (κ1) is 17.5. The van der Waals surface area contributed by atoms with Crippen LogP contribution >= 0.6 is 0 Å². The molecule has 24 heavy (non-hydrogen) atoms. The molecule has 9 heteroatoms. The molecule has 128 valence electrons. The molecule has 0 saturated heterocycles. The van der Waals surface area contributed by atoms with E-state index in [1.165, 1.54) is 25.3 Å². The van der Waals surface area contributed by atoms with Crippen LogP contribution in [0.4, 0.5) is 18.9 Å². The lowest BCUT2D eigenvalue weighted by molar-refractivity contribution is -0.136. The predicted molar refractivity (Wildman–Crippen MR) is 76.2 cm³/mol. The van der Waals surface area contributed by atoms with Gasteiger partial charge >= 0.3 is 11.8 Å². The first-order chi connectivity index (χ1) is 11.2. The fraction of sp³-hybridized carbons (Fsp3) is 0.200. The van der Waals surface area contributed by atoms with Gasteiger partial charge < -0.3 is 20.2 Å². The Balaban J connectivity index is 2.00. The minimum absolute atomic E-state index is 0.152. The third-order valence-electron chi connectivity index (χ3n) is 3.10. The van der Waals surface area contributed by atoms with E-state index in [4.69, 9.17) is 4.42 Å². The Morgan fingerprint density at radius 2 is 1.83 bits per heavy atom. The van der Waals surface area contributed by atoms with E-state index in [9.17, 15) is 27.9 Å². The van der Waals surface area contributed by atoms with Crippen LogP contribution in [-0.2, 0) is 15.2 Å². The van der Waals surface area contributed by atoms with Crippen molar-refractivity contribution in [2.45, 2.75) is 12.5 Å². The number of furan rings is 1. The largest absolute Gasteiger partial charge is 0.466 e. The number of amides is 2. The first-order valence-corrected chi connectivity index (χ1v) is 6.71. The summed E-state index contributed by atoms with van der Waals surface area (Å²) < 4.78 is 44.6. The minimum atomic E-state index is -1.59. The van der Waals surface area contributed by atoms with Crippen LogP contribution < -0.4 is 10.6 Å². The molecule has 0 fully saturated rings. The van der Waals surface area contributed by atoms with Crippen LogP contribution in [0.5, 0.6) is 0 Å². The van der Waals surface area contributed by atoms with E-state index in [1.807, 2.05) is 0 Å². The third kappa shape index (κ3) is 3.93. The molecule has 0 bridgehead atoms. The quantitative estimate of drug-likeness (QED) is 0.737. The summed E-state index contributed by atoms with van der Waals surface area (Å²) >= 11 is 0. The number of hydrogen-bond donors (Lipinski definition) is 3. The molecular weight excluding hydrogens is 329 g/mol. The summed E-state index contributed by atoms with van der Waals surface area (Å²) in [5, 5.41) is 13.9. The Labute approximate surface area is 134 Å². The van der Waals surface area contributed by atoms with Gasteiger partial charge in [-0.1, -0.05) is 0 Å². The van der Waals surface area contributed by atoms with Gasteiger partial charge in [0.15, 0.2) is 11.6 Å². The highest BCUT2D eigenvalue weighted by Gasteiger charge is 2.28. The molecular formula is C15H13F3N2O4. The zero-order chi connectivity index (χ0) is 17.9. The number of nitrogens with one attached hydrogen (secondary N) is 2. The Morgan fingerprint density at radius 3 is 2.38 bits per heavy atom. The molecule has 2 rings (SSSR count). The molecule has 0 saturated carbocycles. The highest BCUT2D eigenvalue weighted by atomic mass is 19.1. The number of carbonyl (C=O) groups is 2.